The molecule has 0 spiro atoms. The minimum atomic E-state index is -0.248. The van der Waals surface area contributed by atoms with Crippen LogP contribution in [0.5, 0.6) is 0 Å². The van der Waals surface area contributed by atoms with Crippen LogP contribution in [-0.2, 0) is 6.54 Å². The Morgan fingerprint density at radius 2 is 1.87 bits per heavy atom. The van der Waals surface area contributed by atoms with Gasteiger partial charge in [0.05, 0.1) is 5.52 Å². The third kappa shape index (κ3) is 3.97. The zero-order chi connectivity index (χ0) is 20.3. The van der Waals surface area contributed by atoms with Crippen molar-refractivity contribution < 1.29 is 4.79 Å². The highest BCUT2D eigenvalue weighted by atomic mass is 32.1. The zero-order valence-corrected chi connectivity index (χ0v) is 17.4. The van der Waals surface area contributed by atoms with Crippen molar-refractivity contribution in [2.45, 2.75) is 19.4 Å². The van der Waals surface area contributed by atoms with Gasteiger partial charge >= 0.3 is 0 Å². The van der Waals surface area contributed by atoms with Crippen molar-refractivity contribution in [1.29, 1.82) is 0 Å². The predicted molar refractivity (Wildman–Crippen MR) is 122 cm³/mol. The number of pyridine rings is 1. The number of thiazole rings is 1. The van der Waals surface area contributed by atoms with Gasteiger partial charge in [-0.15, -0.1) is 11.3 Å². The van der Waals surface area contributed by atoms with E-state index in [0.29, 0.717) is 10.8 Å². The van der Waals surface area contributed by atoms with Gasteiger partial charge in [-0.1, -0.05) is 48.5 Å². The second-order valence-corrected chi connectivity index (χ2v) is 8.44. The lowest BCUT2D eigenvalue weighted by molar-refractivity contribution is 0.102. The highest BCUT2D eigenvalue weighted by molar-refractivity contribution is 7.13. The van der Waals surface area contributed by atoms with Crippen LogP contribution in [0.1, 0.15) is 28.9 Å². The van der Waals surface area contributed by atoms with Crippen molar-refractivity contribution >= 4 is 33.3 Å². The molecule has 1 aliphatic heterocycles. The molecular formula is C24H22N4OS. The Balaban J connectivity index is 1.44. The molecule has 1 saturated heterocycles. The SMILES string of the molecule is O=C(Nc1nccs1)c1ccc2cccc(-c3ccc(CN4CCCC4)cc3)c2n1. The van der Waals surface area contributed by atoms with Crippen molar-refractivity contribution in [2.75, 3.05) is 18.4 Å². The van der Waals surface area contributed by atoms with Crippen LogP contribution in [0.15, 0.2) is 66.2 Å². The van der Waals surface area contributed by atoms with Crippen LogP contribution in [0, 0.1) is 0 Å². The first-order chi connectivity index (χ1) is 14.8. The van der Waals surface area contributed by atoms with E-state index in [9.17, 15) is 4.79 Å². The average molecular weight is 415 g/mol. The molecular weight excluding hydrogens is 392 g/mol. The third-order valence-electron chi connectivity index (χ3n) is 5.48. The van der Waals surface area contributed by atoms with Gasteiger partial charge < -0.3 is 0 Å². The van der Waals surface area contributed by atoms with Gasteiger partial charge in [-0.25, -0.2) is 9.97 Å². The lowest BCUT2D eigenvalue weighted by Gasteiger charge is -2.15. The maximum atomic E-state index is 12.6. The molecule has 1 fully saturated rings. The number of carbonyl (C=O) groups is 1. The number of para-hydroxylation sites is 1. The van der Waals surface area contributed by atoms with Gasteiger partial charge in [-0.3, -0.25) is 15.0 Å². The fourth-order valence-electron chi connectivity index (χ4n) is 3.94. The zero-order valence-electron chi connectivity index (χ0n) is 16.5. The van der Waals surface area contributed by atoms with Gasteiger partial charge in [0.15, 0.2) is 5.13 Å². The Morgan fingerprint density at radius 3 is 2.63 bits per heavy atom. The largest absolute Gasteiger partial charge is 0.299 e. The van der Waals surface area contributed by atoms with Crippen LogP contribution in [0.3, 0.4) is 0 Å². The van der Waals surface area contributed by atoms with Gasteiger partial charge in [-0.2, -0.15) is 0 Å². The normalized spacial score (nSPS) is 14.3. The van der Waals surface area contributed by atoms with E-state index in [2.05, 4.69) is 45.5 Å². The van der Waals surface area contributed by atoms with Gasteiger partial charge in [0, 0.05) is 29.1 Å². The number of carbonyl (C=O) groups excluding carboxylic acids is 1. The number of nitrogens with one attached hydrogen (secondary N) is 1. The Morgan fingerprint density at radius 1 is 1.03 bits per heavy atom. The Labute approximate surface area is 179 Å². The number of amides is 1. The Bertz CT molecular complexity index is 1170. The van der Waals surface area contributed by atoms with E-state index in [-0.39, 0.29) is 5.91 Å². The molecule has 4 aromatic rings. The van der Waals surface area contributed by atoms with Crippen molar-refractivity contribution in [1.82, 2.24) is 14.9 Å². The minimum Gasteiger partial charge on any atom is -0.299 e. The fraction of sp³-hybridized carbons (Fsp3) is 0.208. The molecule has 1 amide bonds. The molecule has 0 aliphatic carbocycles. The van der Waals surface area contributed by atoms with Gasteiger partial charge in [0.25, 0.3) is 5.91 Å². The second kappa shape index (κ2) is 8.34. The molecule has 0 radical (unpaired) electrons. The Kier molecular flexibility index (Phi) is 5.26. The van der Waals surface area contributed by atoms with Crippen LogP contribution >= 0.6 is 11.3 Å². The standard InChI is InChI=1S/C24H22N4OS/c29-23(27-24-25-12-15-30-24)21-11-10-19-4-3-5-20(22(19)26-21)18-8-6-17(7-9-18)16-28-13-1-2-14-28/h3-12,15H,1-2,13-14,16H2,(H,25,27,29). The monoisotopic (exact) mass is 414 g/mol. The molecule has 0 unspecified atom stereocenters. The smallest absolute Gasteiger partial charge is 0.276 e. The number of anilines is 1. The van der Waals surface area contributed by atoms with E-state index in [1.807, 2.05) is 23.6 Å². The van der Waals surface area contributed by atoms with Crippen molar-refractivity contribution in [3.63, 3.8) is 0 Å². The highest BCUT2D eigenvalue weighted by Gasteiger charge is 2.14. The molecule has 1 aliphatic rings. The molecule has 30 heavy (non-hydrogen) atoms. The molecule has 0 saturated carbocycles. The molecule has 0 atom stereocenters. The number of rotatable bonds is 5. The summed E-state index contributed by atoms with van der Waals surface area (Å²) < 4.78 is 0. The number of likely N-dealkylation sites (tertiary alicyclic amines) is 1. The summed E-state index contributed by atoms with van der Waals surface area (Å²) in [6.45, 7) is 3.40. The van der Waals surface area contributed by atoms with Gasteiger partial charge in [0.2, 0.25) is 0 Å². The maximum Gasteiger partial charge on any atom is 0.276 e. The second-order valence-electron chi connectivity index (χ2n) is 7.55. The van der Waals surface area contributed by atoms with E-state index < -0.39 is 0 Å². The maximum absolute atomic E-state index is 12.6. The van der Waals surface area contributed by atoms with E-state index >= 15 is 0 Å². The van der Waals surface area contributed by atoms with E-state index in [4.69, 9.17) is 4.98 Å². The first-order valence-corrected chi connectivity index (χ1v) is 11.1. The summed E-state index contributed by atoms with van der Waals surface area (Å²) in [5.74, 6) is -0.248. The minimum absolute atomic E-state index is 0.248. The van der Waals surface area contributed by atoms with Crippen molar-refractivity contribution in [3.05, 3.63) is 77.4 Å². The molecule has 1 N–H and O–H groups in total. The summed E-state index contributed by atoms with van der Waals surface area (Å²) in [6, 6.07) is 18.5. The van der Waals surface area contributed by atoms with Crippen LogP contribution in [0.25, 0.3) is 22.0 Å². The van der Waals surface area contributed by atoms with Gasteiger partial charge in [-0.05, 0) is 43.1 Å². The predicted octanol–water partition coefficient (Wildman–Crippen LogP) is 5.21. The highest BCUT2D eigenvalue weighted by Crippen LogP contribution is 2.28. The lowest BCUT2D eigenvalue weighted by Crippen LogP contribution is -2.18. The lowest BCUT2D eigenvalue weighted by atomic mass is 10.0. The summed E-state index contributed by atoms with van der Waals surface area (Å²) in [6.07, 6.45) is 4.27. The summed E-state index contributed by atoms with van der Waals surface area (Å²) in [5.41, 5.74) is 4.68. The summed E-state index contributed by atoms with van der Waals surface area (Å²) in [5, 5.41) is 6.22. The van der Waals surface area contributed by atoms with Crippen LogP contribution in [-0.4, -0.2) is 33.9 Å². The molecule has 5 rings (SSSR count). The van der Waals surface area contributed by atoms with Gasteiger partial charge in [0.1, 0.15) is 5.69 Å². The van der Waals surface area contributed by atoms with Crippen molar-refractivity contribution in [2.24, 2.45) is 0 Å². The number of fused-ring (bicyclic) bond motifs is 1. The first-order valence-electron chi connectivity index (χ1n) is 10.2. The fourth-order valence-corrected chi connectivity index (χ4v) is 4.47. The quantitative estimate of drug-likeness (QED) is 0.487. The third-order valence-corrected chi connectivity index (χ3v) is 6.16. The van der Waals surface area contributed by atoms with E-state index in [1.165, 1.54) is 42.8 Å². The van der Waals surface area contributed by atoms with Crippen LogP contribution in [0.2, 0.25) is 0 Å². The number of nitrogens with zero attached hydrogens (tertiary/aromatic N) is 3. The number of aromatic nitrogens is 2. The molecule has 6 heteroatoms. The summed E-state index contributed by atoms with van der Waals surface area (Å²) in [7, 11) is 0. The molecule has 5 nitrogen and oxygen atoms in total. The van der Waals surface area contributed by atoms with E-state index in [0.717, 1.165) is 28.6 Å². The van der Waals surface area contributed by atoms with Crippen LogP contribution in [0.4, 0.5) is 5.13 Å². The topological polar surface area (TPSA) is 58.1 Å². The Hall–Kier alpha value is -3.09. The molecule has 2 aromatic carbocycles. The number of hydrogen-bond acceptors (Lipinski definition) is 5. The average Bonchev–Trinajstić information content (AvgIpc) is 3.48. The number of hydrogen-bond donors (Lipinski definition) is 1. The summed E-state index contributed by atoms with van der Waals surface area (Å²) in [4.78, 5) is 23.9. The first kappa shape index (κ1) is 18.9. The summed E-state index contributed by atoms with van der Waals surface area (Å²) >= 11 is 1.39. The molecule has 3 heterocycles. The number of benzene rings is 2. The van der Waals surface area contributed by atoms with Crippen molar-refractivity contribution in [3.8, 4) is 11.1 Å². The van der Waals surface area contributed by atoms with Crippen LogP contribution < -0.4 is 5.32 Å². The van der Waals surface area contributed by atoms with E-state index in [1.54, 1.807) is 12.3 Å². The molecule has 150 valence electrons. The molecule has 2 aromatic heterocycles. The molecule has 0 bridgehead atoms.